The molecule has 284 valence electrons. The first-order valence-corrected chi connectivity index (χ1v) is 22.1. The monoisotopic (exact) mass is 788 g/mol. The lowest BCUT2D eigenvalue weighted by Crippen LogP contribution is -2.49. The number of furan rings is 1. The Balaban J connectivity index is 1.25. The van der Waals surface area contributed by atoms with Gasteiger partial charge in [0.2, 0.25) is 0 Å². The smallest absolute Gasteiger partial charge is 0.171 e. The predicted molar refractivity (Wildman–Crippen MR) is 248 cm³/mol. The third-order valence-electron chi connectivity index (χ3n) is 12.5. The van der Waals surface area contributed by atoms with Gasteiger partial charge in [0, 0.05) is 49.4 Å². The second-order valence-electron chi connectivity index (χ2n) is 15.6. The van der Waals surface area contributed by atoms with Crippen molar-refractivity contribution in [2.24, 2.45) is 0 Å². The third kappa shape index (κ3) is 4.83. The summed E-state index contributed by atoms with van der Waals surface area (Å²) in [5.41, 5.74) is 11.2. The van der Waals surface area contributed by atoms with Crippen LogP contribution >= 0.6 is 7.14 Å². The highest BCUT2D eigenvalue weighted by atomic mass is 31.2. The summed E-state index contributed by atoms with van der Waals surface area (Å²) in [4.78, 5) is 4.73. The molecule has 12 rings (SSSR count). The summed E-state index contributed by atoms with van der Waals surface area (Å²) < 4.78 is 23.3. The van der Waals surface area contributed by atoms with Gasteiger partial charge in [0.15, 0.2) is 7.14 Å². The van der Waals surface area contributed by atoms with E-state index < -0.39 is 12.6 Å². The van der Waals surface area contributed by atoms with Crippen molar-refractivity contribution in [1.82, 2.24) is 0 Å². The number of hydrogen-bond donors (Lipinski definition) is 0. The molecule has 1 spiro atoms. The summed E-state index contributed by atoms with van der Waals surface area (Å²) >= 11 is 0. The third-order valence-corrected chi connectivity index (χ3v) is 15.6. The second kappa shape index (κ2) is 13.3. The number of benzene rings is 9. The molecule has 2 aliphatic heterocycles. The molecule has 2 aliphatic rings. The molecule has 60 heavy (non-hydrogen) atoms. The van der Waals surface area contributed by atoms with Crippen LogP contribution < -0.4 is 25.7 Å². The van der Waals surface area contributed by atoms with Crippen molar-refractivity contribution in [2.75, 3.05) is 9.80 Å². The minimum Gasteiger partial charge on any atom is -0.456 e. The topological polar surface area (TPSA) is 36.7 Å². The fourth-order valence-corrected chi connectivity index (χ4v) is 13.2. The Morgan fingerprint density at radius 1 is 0.417 bits per heavy atom. The van der Waals surface area contributed by atoms with Crippen LogP contribution in [0.25, 0.3) is 21.9 Å². The highest BCUT2D eigenvalue weighted by Crippen LogP contribution is 2.63. The van der Waals surface area contributed by atoms with Gasteiger partial charge < -0.3 is 18.8 Å². The van der Waals surface area contributed by atoms with E-state index >= 15 is 4.57 Å². The molecule has 2 unspecified atom stereocenters. The van der Waals surface area contributed by atoms with Gasteiger partial charge >= 0.3 is 0 Å². The molecule has 9 aromatic carbocycles. The summed E-state index contributed by atoms with van der Waals surface area (Å²) in [6.07, 6.45) is 0. The SMILES string of the molecule is O=P1(c2ccccc2)c2ccccc2C2(c3ccccc3N(c3ccccc3)c3cc(N(c4ccccc4)c4ccccc4)ccc32)c2cc3c(cc21)oc1ccccc13. The highest BCUT2D eigenvalue weighted by Gasteiger charge is 2.55. The Morgan fingerprint density at radius 3 is 1.73 bits per heavy atom. The lowest BCUT2D eigenvalue weighted by atomic mass is 9.62. The molecule has 2 atom stereocenters. The van der Waals surface area contributed by atoms with Crippen molar-refractivity contribution in [3.63, 3.8) is 0 Å². The molecule has 4 nitrogen and oxygen atoms in total. The van der Waals surface area contributed by atoms with Gasteiger partial charge in [0.25, 0.3) is 0 Å². The standard InChI is InChI=1S/C55H37N2O2P/c58-60(42-25-11-4-12-26-42)53-32-18-15-29-47(53)55(48-36-44-43-27-13-17-31-51(43)59-52(44)37-54(48)60)45-28-14-16-30-49(45)57(40-23-9-3-10-24-40)50-35-41(33-34-46(50)55)56(38-19-5-1-6-20-38)39-21-7-2-8-22-39/h1-37H. The zero-order valence-electron chi connectivity index (χ0n) is 32.5. The molecule has 0 aliphatic carbocycles. The molecule has 0 radical (unpaired) electrons. The van der Waals surface area contributed by atoms with Crippen LogP contribution in [-0.2, 0) is 9.98 Å². The molecule has 1 aromatic heterocycles. The Labute approximate surface area is 348 Å². The number of nitrogens with zero attached hydrogens (tertiary/aromatic N) is 2. The van der Waals surface area contributed by atoms with E-state index in [1.165, 1.54) is 0 Å². The van der Waals surface area contributed by atoms with Crippen molar-refractivity contribution in [2.45, 2.75) is 5.41 Å². The van der Waals surface area contributed by atoms with E-state index in [2.05, 4.69) is 186 Å². The summed E-state index contributed by atoms with van der Waals surface area (Å²) in [6.45, 7) is 0. The Hall–Kier alpha value is -7.39. The van der Waals surface area contributed by atoms with E-state index in [0.29, 0.717) is 0 Å². The van der Waals surface area contributed by atoms with E-state index in [1.54, 1.807) is 0 Å². The summed E-state index contributed by atoms with van der Waals surface area (Å²) in [5.74, 6) is 0. The van der Waals surface area contributed by atoms with E-state index in [1.807, 2.05) is 48.5 Å². The van der Waals surface area contributed by atoms with Crippen LogP contribution in [0.2, 0.25) is 0 Å². The molecule has 0 N–H and O–H groups in total. The van der Waals surface area contributed by atoms with Crippen LogP contribution in [0.4, 0.5) is 34.1 Å². The number of hydrogen-bond acceptors (Lipinski definition) is 4. The lowest BCUT2D eigenvalue weighted by Gasteiger charge is -2.50. The van der Waals surface area contributed by atoms with Gasteiger partial charge in [0.1, 0.15) is 11.2 Å². The van der Waals surface area contributed by atoms with Crippen LogP contribution in [0.15, 0.2) is 229 Å². The molecule has 10 aromatic rings. The van der Waals surface area contributed by atoms with Gasteiger partial charge in [0.05, 0.1) is 16.8 Å². The zero-order valence-corrected chi connectivity index (χ0v) is 33.4. The molecular weight excluding hydrogens is 752 g/mol. The predicted octanol–water partition coefficient (Wildman–Crippen LogP) is 13.2. The van der Waals surface area contributed by atoms with Crippen molar-refractivity contribution in [3.8, 4) is 0 Å². The number of rotatable bonds is 5. The quantitative estimate of drug-likeness (QED) is 0.163. The van der Waals surface area contributed by atoms with Gasteiger partial charge in [-0.05, 0) is 95.1 Å². The van der Waals surface area contributed by atoms with Crippen LogP contribution in [0.1, 0.15) is 22.3 Å². The molecule has 0 fully saturated rings. The van der Waals surface area contributed by atoms with Gasteiger partial charge in [-0.3, -0.25) is 0 Å². The summed E-state index contributed by atoms with van der Waals surface area (Å²) in [7, 11) is -3.47. The highest BCUT2D eigenvalue weighted by molar-refractivity contribution is 7.85. The maximum Gasteiger partial charge on any atom is 0.171 e. The largest absolute Gasteiger partial charge is 0.456 e. The van der Waals surface area contributed by atoms with Crippen molar-refractivity contribution >= 4 is 79.1 Å². The van der Waals surface area contributed by atoms with Gasteiger partial charge in [-0.25, -0.2) is 0 Å². The van der Waals surface area contributed by atoms with Crippen molar-refractivity contribution < 1.29 is 8.98 Å². The van der Waals surface area contributed by atoms with E-state index in [0.717, 1.165) is 94.2 Å². The number of anilines is 6. The van der Waals surface area contributed by atoms with E-state index in [9.17, 15) is 0 Å². The average Bonchev–Trinajstić information content (AvgIpc) is 3.69. The van der Waals surface area contributed by atoms with E-state index in [4.69, 9.17) is 4.42 Å². The molecular formula is C55H37N2O2P. The van der Waals surface area contributed by atoms with Crippen molar-refractivity contribution in [3.05, 3.63) is 247 Å². The number of fused-ring (bicyclic) bond motifs is 11. The van der Waals surface area contributed by atoms with Crippen LogP contribution in [0.5, 0.6) is 0 Å². The molecule has 0 bridgehead atoms. The molecule has 3 heterocycles. The first-order chi connectivity index (χ1) is 29.7. The minimum atomic E-state index is -3.47. The molecule has 0 saturated carbocycles. The molecule has 5 heteroatoms. The Bertz CT molecular complexity index is 3270. The zero-order chi connectivity index (χ0) is 39.8. The van der Waals surface area contributed by atoms with Gasteiger partial charge in [-0.15, -0.1) is 0 Å². The Morgan fingerprint density at radius 2 is 1.00 bits per heavy atom. The van der Waals surface area contributed by atoms with E-state index in [-0.39, 0.29) is 0 Å². The first-order valence-electron chi connectivity index (χ1n) is 20.4. The Kier molecular flexibility index (Phi) is 7.69. The maximum absolute atomic E-state index is 16.7. The summed E-state index contributed by atoms with van der Waals surface area (Å²) in [5, 5.41) is 4.48. The van der Waals surface area contributed by atoms with Crippen LogP contribution in [-0.4, -0.2) is 0 Å². The maximum atomic E-state index is 16.7. The van der Waals surface area contributed by atoms with Crippen molar-refractivity contribution in [1.29, 1.82) is 0 Å². The normalized spacial score (nSPS) is 17.5. The average molecular weight is 789 g/mol. The minimum absolute atomic E-state index is 0.729. The lowest BCUT2D eigenvalue weighted by molar-refractivity contribution is 0.590. The second-order valence-corrected chi connectivity index (χ2v) is 18.3. The molecule has 0 saturated heterocycles. The van der Waals surface area contributed by atoms with Crippen LogP contribution in [0.3, 0.4) is 0 Å². The number of para-hydroxylation sites is 5. The summed E-state index contributed by atoms with van der Waals surface area (Å²) in [6, 6.07) is 78.6. The fraction of sp³-hybridized carbons (Fsp3) is 0.0182. The first kappa shape index (κ1) is 34.6. The fourth-order valence-electron chi connectivity index (χ4n) is 10.0. The van der Waals surface area contributed by atoms with Crippen LogP contribution in [0, 0.1) is 0 Å². The van der Waals surface area contributed by atoms with Gasteiger partial charge in [-0.2, -0.15) is 0 Å². The van der Waals surface area contributed by atoms with Gasteiger partial charge in [-0.1, -0.05) is 152 Å². The molecule has 0 amide bonds.